The second-order valence-electron chi connectivity index (χ2n) is 5.74. The van der Waals surface area contributed by atoms with Gasteiger partial charge in [-0.15, -0.1) is 0 Å². The summed E-state index contributed by atoms with van der Waals surface area (Å²) < 4.78 is 10.1. The second kappa shape index (κ2) is 7.65. The van der Waals surface area contributed by atoms with Crippen LogP contribution in [0.4, 0.5) is 5.69 Å². The zero-order chi connectivity index (χ0) is 17.6. The fraction of sp³-hybridized carbons (Fsp3) is 0.278. The molecule has 7 nitrogen and oxygen atoms in total. The Balaban J connectivity index is 1.56. The number of anilines is 1. The summed E-state index contributed by atoms with van der Waals surface area (Å²) in [7, 11) is 0. The minimum absolute atomic E-state index is 0.0625. The molecule has 1 aliphatic carbocycles. The van der Waals surface area contributed by atoms with E-state index in [1.807, 2.05) is 0 Å². The van der Waals surface area contributed by atoms with E-state index in [1.165, 1.54) is 6.26 Å². The molecule has 1 aromatic heterocycles. The molecule has 1 heterocycles. The zero-order valence-corrected chi connectivity index (χ0v) is 13.5. The van der Waals surface area contributed by atoms with Crippen LogP contribution >= 0.6 is 0 Å². The van der Waals surface area contributed by atoms with Gasteiger partial charge < -0.3 is 19.8 Å². The first-order valence-electron chi connectivity index (χ1n) is 7.99. The van der Waals surface area contributed by atoms with Gasteiger partial charge in [0, 0.05) is 0 Å². The molecule has 0 spiro atoms. The number of amides is 2. The molecule has 2 amide bonds. The summed E-state index contributed by atoms with van der Waals surface area (Å²) in [4.78, 5) is 35.7. The number of carbonyl (C=O) groups is 3. The number of hydrogen-bond donors (Lipinski definition) is 2. The normalized spacial score (nSPS) is 13.1. The summed E-state index contributed by atoms with van der Waals surface area (Å²) in [6, 6.07) is 10.1. The van der Waals surface area contributed by atoms with Crippen LogP contribution in [0.5, 0.6) is 0 Å². The van der Waals surface area contributed by atoms with Gasteiger partial charge in [-0.3, -0.25) is 14.4 Å². The Morgan fingerprint density at radius 3 is 2.64 bits per heavy atom. The van der Waals surface area contributed by atoms with Crippen molar-refractivity contribution in [1.82, 2.24) is 5.32 Å². The van der Waals surface area contributed by atoms with Crippen LogP contribution in [0.2, 0.25) is 0 Å². The Bertz CT molecular complexity index is 766. The third kappa shape index (κ3) is 4.69. The van der Waals surface area contributed by atoms with Gasteiger partial charge in [-0.2, -0.15) is 0 Å². The van der Waals surface area contributed by atoms with Crippen molar-refractivity contribution in [3.63, 3.8) is 0 Å². The first-order chi connectivity index (χ1) is 12.1. The van der Waals surface area contributed by atoms with E-state index in [9.17, 15) is 14.4 Å². The maximum atomic E-state index is 12.3. The molecule has 1 aromatic carbocycles. The summed E-state index contributed by atoms with van der Waals surface area (Å²) in [6.45, 7) is -0.120. The molecule has 1 aliphatic rings. The van der Waals surface area contributed by atoms with E-state index in [1.54, 1.807) is 36.4 Å². The highest BCUT2D eigenvalue weighted by Gasteiger charge is 2.31. The molecule has 25 heavy (non-hydrogen) atoms. The fourth-order valence-electron chi connectivity index (χ4n) is 2.23. The number of esters is 1. The summed E-state index contributed by atoms with van der Waals surface area (Å²) in [5.74, 6) is -0.614. The minimum Gasteiger partial charge on any atom is -0.467 e. The number of para-hydroxylation sites is 1. The van der Waals surface area contributed by atoms with Crippen molar-refractivity contribution in [2.75, 3.05) is 11.9 Å². The lowest BCUT2D eigenvalue weighted by Gasteiger charge is -2.11. The third-order valence-electron chi connectivity index (χ3n) is 3.71. The Labute approximate surface area is 144 Å². The van der Waals surface area contributed by atoms with Crippen LogP contribution in [0.25, 0.3) is 0 Å². The van der Waals surface area contributed by atoms with Gasteiger partial charge in [-0.1, -0.05) is 12.1 Å². The number of benzene rings is 1. The van der Waals surface area contributed by atoms with E-state index < -0.39 is 5.91 Å². The largest absolute Gasteiger partial charge is 0.467 e. The highest BCUT2D eigenvalue weighted by molar-refractivity contribution is 6.04. The molecule has 1 fully saturated rings. The first-order valence-corrected chi connectivity index (χ1v) is 7.99. The van der Waals surface area contributed by atoms with E-state index in [0.29, 0.717) is 17.0 Å². The number of carbonyl (C=O) groups excluding carboxylic acids is 3. The molecule has 7 heteroatoms. The lowest BCUT2D eigenvalue weighted by Crippen LogP contribution is -2.26. The zero-order valence-electron chi connectivity index (χ0n) is 13.5. The van der Waals surface area contributed by atoms with E-state index in [0.717, 1.165) is 12.8 Å². The van der Waals surface area contributed by atoms with Crippen LogP contribution in [0.1, 0.15) is 29.0 Å². The van der Waals surface area contributed by atoms with Gasteiger partial charge in [0.15, 0.2) is 6.61 Å². The van der Waals surface area contributed by atoms with Crippen molar-refractivity contribution in [3.05, 3.63) is 54.0 Å². The molecule has 0 saturated heterocycles. The SMILES string of the molecule is O=C(COC(=O)C1CC1)Nc1ccccc1C(=O)NCc1ccco1. The van der Waals surface area contributed by atoms with Crippen LogP contribution in [-0.4, -0.2) is 24.4 Å². The monoisotopic (exact) mass is 342 g/mol. The van der Waals surface area contributed by atoms with E-state index in [-0.39, 0.29) is 30.9 Å². The van der Waals surface area contributed by atoms with Crippen molar-refractivity contribution < 1.29 is 23.5 Å². The molecule has 0 bridgehead atoms. The average Bonchev–Trinajstić information content (AvgIpc) is 3.34. The fourth-order valence-corrected chi connectivity index (χ4v) is 2.23. The van der Waals surface area contributed by atoms with Crippen LogP contribution in [0.15, 0.2) is 47.1 Å². The van der Waals surface area contributed by atoms with E-state index >= 15 is 0 Å². The lowest BCUT2D eigenvalue weighted by molar-refractivity contribution is -0.148. The minimum atomic E-state index is -0.486. The molecule has 0 atom stereocenters. The Kier molecular flexibility index (Phi) is 5.13. The lowest BCUT2D eigenvalue weighted by atomic mass is 10.1. The van der Waals surface area contributed by atoms with Gasteiger partial charge in [-0.25, -0.2) is 0 Å². The van der Waals surface area contributed by atoms with Crippen LogP contribution in [0.3, 0.4) is 0 Å². The van der Waals surface area contributed by atoms with Crippen LogP contribution in [0, 0.1) is 5.92 Å². The molecule has 130 valence electrons. The predicted octanol–water partition coefficient (Wildman–Crippen LogP) is 2.10. The van der Waals surface area contributed by atoms with Crippen molar-refractivity contribution in [2.24, 2.45) is 5.92 Å². The van der Waals surface area contributed by atoms with Crippen LogP contribution < -0.4 is 10.6 Å². The van der Waals surface area contributed by atoms with Gasteiger partial charge in [0.2, 0.25) is 0 Å². The summed E-state index contributed by atoms with van der Waals surface area (Å²) in [6.07, 6.45) is 3.16. The number of nitrogens with one attached hydrogen (secondary N) is 2. The number of hydrogen-bond acceptors (Lipinski definition) is 5. The standard InChI is InChI=1S/C18H18N2O5/c21-16(11-25-18(23)12-7-8-12)20-15-6-2-1-5-14(15)17(22)19-10-13-4-3-9-24-13/h1-6,9,12H,7-8,10-11H2,(H,19,22)(H,20,21). The number of ether oxygens (including phenoxy) is 1. The Hall–Kier alpha value is -3.09. The van der Waals surface area contributed by atoms with Crippen molar-refractivity contribution >= 4 is 23.5 Å². The van der Waals surface area contributed by atoms with Gasteiger partial charge in [-0.05, 0) is 37.1 Å². The van der Waals surface area contributed by atoms with E-state index in [4.69, 9.17) is 9.15 Å². The third-order valence-corrected chi connectivity index (χ3v) is 3.71. The maximum absolute atomic E-state index is 12.3. The molecular weight excluding hydrogens is 324 g/mol. The van der Waals surface area contributed by atoms with Gasteiger partial charge in [0.05, 0.1) is 30.0 Å². The number of rotatable bonds is 7. The molecule has 2 N–H and O–H groups in total. The number of furan rings is 1. The topological polar surface area (TPSA) is 97.6 Å². The Morgan fingerprint density at radius 2 is 1.92 bits per heavy atom. The average molecular weight is 342 g/mol. The quantitative estimate of drug-likeness (QED) is 0.751. The predicted molar refractivity (Wildman–Crippen MR) is 88.6 cm³/mol. The summed E-state index contributed by atoms with van der Waals surface area (Å²) in [5, 5.41) is 5.32. The molecule has 0 unspecified atom stereocenters. The smallest absolute Gasteiger partial charge is 0.309 e. The molecule has 3 rings (SSSR count). The molecule has 1 saturated carbocycles. The molecular formula is C18H18N2O5. The van der Waals surface area contributed by atoms with Crippen LogP contribution in [-0.2, 0) is 20.9 Å². The Morgan fingerprint density at radius 1 is 1.12 bits per heavy atom. The van der Waals surface area contributed by atoms with E-state index in [2.05, 4.69) is 10.6 Å². The molecule has 2 aromatic rings. The van der Waals surface area contributed by atoms with Crippen molar-refractivity contribution in [3.8, 4) is 0 Å². The van der Waals surface area contributed by atoms with Gasteiger partial charge >= 0.3 is 5.97 Å². The summed E-state index contributed by atoms with van der Waals surface area (Å²) >= 11 is 0. The highest BCUT2D eigenvalue weighted by Crippen LogP contribution is 2.30. The van der Waals surface area contributed by atoms with Gasteiger partial charge in [0.1, 0.15) is 5.76 Å². The molecule has 0 radical (unpaired) electrons. The maximum Gasteiger partial charge on any atom is 0.309 e. The highest BCUT2D eigenvalue weighted by atomic mass is 16.5. The molecule has 0 aliphatic heterocycles. The van der Waals surface area contributed by atoms with Crippen molar-refractivity contribution in [1.29, 1.82) is 0 Å². The first kappa shape index (κ1) is 16.8. The van der Waals surface area contributed by atoms with Gasteiger partial charge in [0.25, 0.3) is 11.8 Å². The summed E-state index contributed by atoms with van der Waals surface area (Å²) in [5.41, 5.74) is 0.669. The second-order valence-corrected chi connectivity index (χ2v) is 5.74. The van der Waals surface area contributed by atoms with Crippen molar-refractivity contribution in [2.45, 2.75) is 19.4 Å².